The largest absolute Gasteiger partial charge is 0.340 e. The van der Waals surface area contributed by atoms with E-state index in [1.165, 1.54) is 25.7 Å². The lowest BCUT2D eigenvalue weighted by molar-refractivity contribution is -0.119. The maximum Gasteiger partial charge on any atom is 0.262 e. The number of carbonyl (C=O) groups excluding carboxylic acids is 1. The van der Waals surface area contributed by atoms with Crippen molar-refractivity contribution in [1.29, 1.82) is 5.26 Å². The van der Waals surface area contributed by atoms with Gasteiger partial charge in [-0.15, -0.1) is 0 Å². The molecule has 1 aromatic carbocycles. The van der Waals surface area contributed by atoms with Gasteiger partial charge in [-0.25, -0.2) is 0 Å². The van der Waals surface area contributed by atoms with Crippen LogP contribution in [0.5, 0.6) is 0 Å². The second kappa shape index (κ2) is 9.09. The first-order valence-electron chi connectivity index (χ1n) is 10.5. The van der Waals surface area contributed by atoms with Crippen LogP contribution in [0.25, 0.3) is 5.57 Å². The molecule has 1 aliphatic heterocycles. The van der Waals surface area contributed by atoms with Crippen LogP contribution in [-0.4, -0.2) is 15.7 Å². The molecule has 1 amide bonds. The Hall–Kier alpha value is -2.87. The fourth-order valence-corrected chi connectivity index (χ4v) is 3.87. The van der Waals surface area contributed by atoms with E-state index in [4.69, 9.17) is 5.10 Å². The van der Waals surface area contributed by atoms with Gasteiger partial charge in [0.25, 0.3) is 5.91 Å². The Labute approximate surface area is 173 Å². The number of nitriles is 1. The normalized spacial score (nSPS) is 19.2. The van der Waals surface area contributed by atoms with Crippen LogP contribution in [0.15, 0.2) is 42.1 Å². The molecule has 2 aromatic rings. The third-order valence-electron chi connectivity index (χ3n) is 5.66. The van der Waals surface area contributed by atoms with Crippen molar-refractivity contribution in [3.63, 3.8) is 0 Å². The average molecular weight is 391 g/mol. The van der Waals surface area contributed by atoms with Crippen molar-refractivity contribution in [3.8, 4) is 6.07 Å². The molecule has 0 bridgehead atoms. The summed E-state index contributed by atoms with van der Waals surface area (Å²) in [7, 11) is 0. The number of aromatic nitrogens is 2. The van der Waals surface area contributed by atoms with Crippen LogP contribution in [-0.2, 0) is 16.9 Å². The number of benzene rings is 1. The van der Waals surface area contributed by atoms with Crippen LogP contribution in [0.1, 0.15) is 69.2 Å². The second-order valence-corrected chi connectivity index (χ2v) is 8.17. The minimum absolute atomic E-state index is 0.196. The molecule has 5 nitrogen and oxygen atoms in total. The highest BCUT2D eigenvalue weighted by Crippen LogP contribution is 2.37. The molecular formula is C24H30N4O. The maximum absolute atomic E-state index is 12.7. The van der Waals surface area contributed by atoms with Gasteiger partial charge < -0.3 is 5.32 Å². The van der Waals surface area contributed by atoms with Crippen LogP contribution >= 0.6 is 0 Å². The third-order valence-corrected chi connectivity index (χ3v) is 5.66. The summed E-state index contributed by atoms with van der Waals surface area (Å²) in [6.45, 7) is 7.12. The van der Waals surface area contributed by atoms with E-state index in [1.807, 2.05) is 55.1 Å². The van der Waals surface area contributed by atoms with Crippen molar-refractivity contribution in [3.05, 3.63) is 58.9 Å². The molecule has 0 aliphatic carbocycles. The highest BCUT2D eigenvalue weighted by Gasteiger charge is 2.39. The van der Waals surface area contributed by atoms with Gasteiger partial charge in [0, 0.05) is 19.2 Å². The molecule has 0 fully saturated rings. The number of hydrogen-bond donors (Lipinski definition) is 1. The van der Waals surface area contributed by atoms with Crippen molar-refractivity contribution >= 4 is 11.5 Å². The van der Waals surface area contributed by atoms with Gasteiger partial charge in [-0.05, 0) is 37.5 Å². The van der Waals surface area contributed by atoms with Crippen molar-refractivity contribution in [2.45, 2.75) is 71.4 Å². The monoisotopic (exact) mass is 390 g/mol. The molecule has 2 heterocycles. The number of rotatable bonds is 8. The summed E-state index contributed by atoms with van der Waals surface area (Å²) in [6.07, 6.45) is 8.63. The standard InChI is InChI=1S/C24H30N4O/c1-4-5-6-7-8-14-28-15-13-22(27-28)24(3)16-20(21(17-25)23(29)26-24)19-11-9-18(2)10-12-19/h9-13,15H,4-8,14,16H2,1-3H3,(H,26,29). The van der Waals surface area contributed by atoms with E-state index in [-0.39, 0.29) is 11.5 Å². The highest BCUT2D eigenvalue weighted by atomic mass is 16.2. The molecular weight excluding hydrogens is 360 g/mol. The fraction of sp³-hybridized carbons (Fsp3) is 0.458. The fourth-order valence-electron chi connectivity index (χ4n) is 3.87. The van der Waals surface area contributed by atoms with Gasteiger partial charge in [0.05, 0.1) is 11.2 Å². The summed E-state index contributed by atoms with van der Waals surface area (Å²) in [5, 5.41) is 17.3. The van der Waals surface area contributed by atoms with E-state index in [1.54, 1.807) is 0 Å². The second-order valence-electron chi connectivity index (χ2n) is 8.17. The number of amides is 1. The predicted octanol–water partition coefficient (Wildman–Crippen LogP) is 4.87. The number of nitrogens with one attached hydrogen (secondary N) is 1. The first kappa shape index (κ1) is 20.9. The first-order chi connectivity index (χ1) is 14.0. The van der Waals surface area contributed by atoms with Crippen molar-refractivity contribution in [2.75, 3.05) is 0 Å². The third kappa shape index (κ3) is 4.76. The number of carbonyl (C=O) groups is 1. The molecule has 5 heteroatoms. The van der Waals surface area contributed by atoms with Crippen molar-refractivity contribution in [1.82, 2.24) is 15.1 Å². The smallest absolute Gasteiger partial charge is 0.262 e. The molecule has 0 saturated carbocycles. The van der Waals surface area contributed by atoms with Gasteiger partial charge >= 0.3 is 0 Å². The first-order valence-corrected chi connectivity index (χ1v) is 10.5. The quantitative estimate of drug-likeness (QED) is 0.653. The lowest BCUT2D eigenvalue weighted by atomic mass is 9.81. The van der Waals surface area contributed by atoms with Crippen molar-refractivity contribution in [2.24, 2.45) is 0 Å². The molecule has 1 aliphatic rings. The van der Waals surface area contributed by atoms with Crippen LogP contribution in [0, 0.1) is 18.3 Å². The zero-order valence-electron chi connectivity index (χ0n) is 17.7. The summed E-state index contributed by atoms with van der Waals surface area (Å²) < 4.78 is 1.97. The molecule has 3 rings (SSSR count). The number of nitrogens with zero attached hydrogens (tertiary/aromatic N) is 3. The van der Waals surface area contributed by atoms with Crippen LogP contribution in [0.4, 0.5) is 0 Å². The number of unbranched alkanes of at least 4 members (excludes halogenated alkanes) is 4. The molecule has 0 spiro atoms. The van der Waals surface area contributed by atoms with Gasteiger partial charge in [0.15, 0.2) is 0 Å². The topological polar surface area (TPSA) is 70.7 Å². The molecule has 0 radical (unpaired) electrons. The molecule has 1 atom stereocenters. The van der Waals surface area contributed by atoms with E-state index >= 15 is 0 Å². The lowest BCUT2D eigenvalue weighted by Gasteiger charge is -2.34. The predicted molar refractivity (Wildman–Crippen MR) is 115 cm³/mol. The molecule has 1 aromatic heterocycles. The van der Waals surface area contributed by atoms with Crippen LogP contribution < -0.4 is 5.32 Å². The summed E-state index contributed by atoms with van der Waals surface area (Å²) in [4.78, 5) is 12.7. The zero-order valence-corrected chi connectivity index (χ0v) is 17.7. The Kier molecular flexibility index (Phi) is 6.53. The summed E-state index contributed by atoms with van der Waals surface area (Å²) in [5.74, 6) is -0.328. The van der Waals surface area contributed by atoms with Crippen LogP contribution in [0.2, 0.25) is 0 Å². The zero-order chi connectivity index (χ0) is 20.9. The number of aryl methyl sites for hydroxylation is 2. The Morgan fingerprint density at radius 3 is 2.59 bits per heavy atom. The van der Waals surface area contributed by atoms with Gasteiger partial charge in [-0.3, -0.25) is 9.48 Å². The Balaban J connectivity index is 1.80. The van der Waals surface area contributed by atoms with Crippen molar-refractivity contribution < 1.29 is 4.79 Å². The van der Waals surface area contributed by atoms with Gasteiger partial charge in [0.1, 0.15) is 11.6 Å². The van der Waals surface area contributed by atoms with E-state index in [0.717, 1.165) is 35.4 Å². The van der Waals surface area contributed by atoms with E-state index in [0.29, 0.717) is 6.42 Å². The summed E-state index contributed by atoms with van der Waals surface area (Å²) in [6, 6.07) is 12.1. The average Bonchev–Trinajstić information content (AvgIpc) is 3.18. The Bertz CT molecular complexity index is 933. The lowest BCUT2D eigenvalue weighted by Crippen LogP contribution is -2.47. The summed E-state index contributed by atoms with van der Waals surface area (Å²) in [5.41, 5.74) is 3.25. The molecule has 1 N–H and O–H groups in total. The van der Waals surface area contributed by atoms with E-state index in [9.17, 15) is 10.1 Å². The molecule has 1 unspecified atom stereocenters. The Morgan fingerprint density at radius 2 is 1.90 bits per heavy atom. The number of hydrogen-bond acceptors (Lipinski definition) is 3. The minimum atomic E-state index is -0.634. The van der Waals surface area contributed by atoms with E-state index in [2.05, 4.69) is 18.3 Å². The minimum Gasteiger partial charge on any atom is -0.340 e. The summed E-state index contributed by atoms with van der Waals surface area (Å²) >= 11 is 0. The van der Waals surface area contributed by atoms with Crippen LogP contribution in [0.3, 0.4) is 0 Å². The Morgan fingerprint density at radius 1 is 1.17 bits per heavy atom. The highest BCUT2D eigenvalue weighted by molar-refractivity contribution is 6.07. The van der Waals surface area contributed by atoms with Gasteiger partial charge in [0.2, 0.25) is 0 Å². The maximum atomic E-state index is 12.7. The molecule has 29 heavy (non-hydrogen) atoms. The van der Waals surface area contributed by atoms with E-state index < -0.39 is 5.54 Å². The molecule has 0 saturated heterocycles. The SMILES string of the molecule is CCCCCCCn1ccc(C2(C)CC(c3ccc(C)cc3)=C(C#N)C(=O)N2)n1. The van der Waals surface area contributed by atoms with Gasteiger partial charge in [-0.2, -0.15) is 10.4 Å². The van der Waals surface area contributed by atoms with Gasteiger partial charge in [-0.1, -0.05) is 62.4 Å². The molecule has 152 valence electrons.